The summed E-state index contributed by atoms with van der Waals surface area (Å²) in [7, 11) is -3.50. The summed E-state index contributed by atoms with van der Waals surface area (Å²) in [4.78, 5) is 0. The van der Waals surface area contributed by atoms with E-state index >= 15 is 0 Å². The van der Waals surface area contributed by atoms with Crippen molar-refractivity contribution in [1.29, 1.82) is 0 Å². The summed E-state index contributed by atoms with van der Waals surface area (Å²) < 4.78 is 28.9. The van der Waals surface area contributed by atoms with Crippen LogP contribution in [0.4, 0.5) is 0 Å². The van der Waals surface area contributed by atoms with Crippen LogP contribution >= 0.6 is 7.82 Å². The summed E-state index contributed by atoms with van der Waals surface area (Å²) in [6, 6.07) is 0. The lowest BCUT2D eigenvalue weighted by Crippen LogP contribution is -2.24. The first kappa shape index (κ1) is 18.1. The second-order valence-electron chi connectivity index (χ2n) is 6.39. The third-order valence-corrected chi connectivity index (χ3v) is 3.81. The van der Waals surface area contributed by atoms with Crippen molar-refractivity contribution in [3.63, 3.8) is 0 Å². The summed E-state index contributed by atoms with van der Waals surface area (Å²) in [6.07, 6.45) is 3.00. The molecule has 0 bridgehead atoms. The van der Waals surface area contributed by atoms with E-state index in [1.54, 1.807) is 0 Å². The lowest BCUT2D eigenvalue weighted by molar-refractivity contribution is 0.00301. The molecule has 0 amide bonds. The van der Waals surface area contributed by atoms with Crippen molar-refractivity contribution in [3.05, 3.63) is 0 Å². The van der Waals surface area contributed by atoms with Crippen LogP contribution in [-0.4, -0.2) is 17.8 Å². The Labute approximate surface area is 112 Å². The predicted molar refractivity (Wildman–Crippen MR) is 74.8 cm³/mol. The van der Waals surface area contributed by atoms with Gasteiger partial charge in [0, 0.05) is 0 Å². The van der Waals surface area contributed by atoms with Gasteiger partial charge in [0.05, 0.1) is 17.8 Å². The predicted octanol–water partition coefficient (Wildman–Crippen LogP) is 4.93. The van der Waals surface area contributed by atoms with E-state index in [4.69, 9.17) is 13.6 Å². The average Bonchev–Trinajstić information content (AvgIpc) is 2.05. The molecule has 0 heterocycles. The van der Waals surface area contributed by atoms with Gasteiger partial charge < -0.3 is 0 Å². The van der Waals surface area contributed by atoms with Crippen LogP contribution in [0.2, 0.25) is 0 Å². The van der Waals surface area contributed by atoms with Gasteiger partial charge in [-0.15, -0.1) is 0 Å². The second kappa shape index (κ2) is 7.04. The zero-order valence-corrected chi connectivity index (χ0v) is 13.8. The molecule has 4 nitrogen and oxygen atoms in total. The van der Waals surface area contributed by atoms with Gasteiger partial charge in [-0.1, -0.05) is 19.8 Å². The van der Waals surface area contributed by atoms with Gasteiger partial charge in [0.1, 0.15) is 0 Å². The topological polar surface area (TPSA) is 44.8 Å². The minimum atomic E-state index is -3.50. The quantitative estimate of drug-likeness (QED) is 0.490. The molecule has 0 fully saturated rings. The van der Waals surface area contributed by atoms with E-state index in [0.29, 0.717) is 6.61 Å². The molecule has 0 aliphatic carbocycles. The average molecular weight is 280 g/mol. The number of unbranched alkanes of at least 4 members (excludes halogenated alkanes) is 2. The standard InChI is InChI=1S/C13H29O4P/c1-8-9-10-11-15-18(14,16-12(2,3)4)17-13(5,6)7/h8-11H2,1-7H3. The zero-order chi connectivity index (χ0) is 14.4. The number of rotatable bonds is 7. The monoisotopic (exact) mass is 280 g/mol. The van der Waals surface area contributed by atoms with Crippen molar-refractivity contribution < 1.29 is 18.1 Å². The highest BCUT2D eigenvalue weighted by Gasteiger charge is 2.36. The molecular formula is C13H29O4P. The number of phosphoric acid groups is 1. The van der Waals surface area contributed by atoms with Crippen molar-refractivity contribution in [2.75, 3.05) is 6.61 Å². The Kier molecular flexibility index (Phi) is 7.09. The van der Waals surface area contributed by atoms with Crippen LogP contribution in [0.15, 0.2) is 0 Å². The smallest absolute Gasteiger partial charge is 0.287 e. The van der Waals surface area contributed by atoms with E-state index in [0.717, 1.165) is 19.3 Å². The lowest BCUT2D eigenvalue weighted by Gasteiger charge is -2.30. The molecule has 0 saturated carbocycles. The molecule has 0 N–H and O–H groups in total. The molecule has 0 aliphatic rings. The van der Waals surface area contributed by atoms with Gasteiger partial charge in [-0.3, -0.25) is 13.6 Å². The van der Waals surface area contributed by atoms with Crippen molar-refractivity contribution in [2.24, 2.45) is 0 Å². The second-order valence-corrected chi connectivity index (χ2v) is 7.91. The van der Waals surface area contributed by atoms with E-state index in [9.17, 15) is 4.57 Å². The van der Waals surface area contributed by atoms with Gasteiger partial charge in [-0.2, -0.15) is 0 Å². The Bertz CT molecular complexity index is 256. The summed E-state index contributed by atoms with van der Waals surface area (Å²) in [5, 5.41) is 0. The fourth-order valence-corrected chi connectivity index (χ4v) is 3.11. The Morgan fingerprint density at radius 3 is 1.67 bits per heavy atom. The highest BCUT2D eigenvalue weighted by Crippen LogP contribution is 2.55. The van der Waals surface area contributed by atoms with Crippen LogP contribution in [0.1, 0.15) is 67.7 Å². The van der Waals surface area contributed by atoms with Gasteiger partial charge in [-0.25, -0.2) is 4.57 Å². The summed E-state index contributed by atoms with van der Waals surface area (Å²) in [5.74, 6) is 0. The fourth-order valence-electron chi connectivity index (χ4n) is 1.27. The summed E-state index contributed by atoms with van der Waals surface area (Å²) in [5.41, 5.74) is -1.13. The Hall–Kier alpha value is 0.110. The molecule has 0 aliphatic heterocycles. The van der Waals surface area contributed by atoms with Crippen LogP contribution in [0, 0.1) is 0 Å². The molecule has 0 saturated heterocycles. The molecule has 18 heavy (non-hydrogen) atoms. The number of hydrogen-bond acceptors (Lipinski definition) is 4. The third kappa shape index (κ3) is 10.1. The van der Waals surface area contributed by atoms with Crippen LogP contribution < -0.4 is 0 Å². The molecule has 5 heteroatoms. The Balaban J connectivity index is 4.56. The maximum Gasteiger partial charge on any atom is 0.475 e. The molecule has 0 spiro atoms. The minimum absolute atomic E-state index is 0.400. The van der Waals surface area contributed by atoms with Gasteiger partial charge in [-0.05, 0) is 48.0 Å². The van der Waals surface area contributed by atoms with E-state index in [2.05, 4.69) is 6.92 Å². The lowest BCUT2D eigenvalue weighted by atomic mass is 10.2. The van der Waals surface area contributed by atoms with Gasteiger partial charge in [0.15, 0.2) is 0 Å². The fraction of sp³-hybridized carbons (Fsp3) is 1.00. The molecular weight excluding hydrogens is 251 g/mol. The zero-order valence-electron chi connectivity index (χ0n) is 12.9. The van der Waals surface area contributed by atoms with E-state index in [-0.39, 0.29) is 0 Å². The molecule has 0 aromatic carbocycles. The van der Waals surface area contributed by atoms with Crippen LogP contribution in [0.25, 0.3) is 0 Å². The maximum atomic E-state index is 12.5. The maximum absolute atomic E-state index is 12.5. The number of hydrogen-bond donors (Lipinski definition) is 0. The van der Waals surface area contributed by atoms with Crippen LogP contribution in [0.3, 0.4) is 0 Å². The van der Waals surface area contributed by atoms with Gasteiger partial charge >= 0.3 is 7.82 Å². The molecule has 110 valence electrons. The first-order valence-electron chi connectivity index (χ1n) is 6.63. The Morgan fingerprint density at radius 2 is 1.33 bits per heavy atom. The van der Waals surface area contributed by atoms with Crippen molar-refractivity contribution in [3.8, 4) is 0 Å². The highest BCUT2D eigenvalue weighted by atomic mass is 31.2. The van der Waals surface area contributed by atoms with Crippen molar-refractivity contribution >= 4 is 7.82 Å². The molecule has 0 atom stereocenters. The highest BCUT2D eigenvalue weighted by molar-refractivity contribution is 7.48. The number of phosphoric ester groups is 1. The molecule has 0 unspecified atom stereocenters. The van der Waals surface area contributed by atoms with E-state index in [1.165, 1.54) is 0 Å². The molecule has 0 rings (SSSR count). The molecule has 0 radical (unpaired) electrons. The van der Waals surface area contributed by atoms with Crippen LogP contribution in [0.5, 0.6) is 0 Å². The SMILES string of the molecule is CCCCCOP(=O)(OC(C)(C)C)OC(C)(C)C. The summed E-state index contributed by atoms with van der Waals surface area (Å²) >= 11 is 0. The molecule has 0 aromatic rings. The first-order chi connectivity index (χ1) is 7.97. The van der Waals surface area contributed by atoms with Gasteiger partial charge in [0.25, 0.3) is 0 Å². The van der Waals surface area contributed by atoms with Crippen molar-refractivity contribution in [1.82, 2.24) is 0 Å². The van der Waals surface area contributed by atoms with E-state index in [1.807, 2.05) is 41.5 Å². The summed E-state index contributed by atoms with van der Waals surface area (Å²) in [6.45, 7) is 13.5. The van der Waals surface area contributed by atoms with Crippen LogP contribution in [-0.2, 0) is 18.1 Å². The van der Waals surface area contributed by atoms with Gasteiger partial charge in [0.2, 0.25) is 0 Å². The Morgan fingerprint density at radius 1 is 0.889 bits per heavy atom. The third-order valence-electron chi connectivity index (χ3n) is 1.77. The van der Waals surface area contributed by atoms with Crippen molar-refractivity contribution in [2.45, 2.75) is 78.9 Å². The minimum Gasteiger partial charge on any atom is -0.287 e. The normalized spacial score (nSPS) is 13.9. The molecule has 0 aromatic heterocycles. The first-order valence-corrected chi connectivity index (χ1v) is 8.09. The van der Waals surface area contributed by atoms with E-state index < -0.39 is 19.0 Å². The largest absolute Gasteiger partial charge is 0.475 e.